The van der Waals surface area contributed by atoms with E-state index in [1.165, 1.54) is 29.8 Å². The van der Waals surface area contributed by atoms with Gasteiger partial charge >= 0.3 is 0 Å². The second-order valence-corrected chi connectivity index (χ2v) is 7.67. The van der Waals surface area contributed by atoms with Crippen LogP contribution in [0.1, 0.15) is 18.1 Å². The Morgan fingerprint density at radius 2 is 1.97 bits per heavy atom. The van der Waals surface area contributed by atoms with Crippen molar-refractivity contribution in [1.29, 1.82) is 0 Å². The molecule has 2 aromatic carbocycles. The predicted molar refractivity (Wildman–Crippen MR) is 117 cm³/mol. The molecule has 0 saturated heterocycles. The van der Waals surface area contributed by atoms with E-state index < -0.39 is 0 Å². The van der Waals surface area contributed by atoms with Crippen LogP contribution in [0, 0.1) is 12.7 Å². The van der Waals surface area contributed by atoms with Gasteiger partial charge in [0.1, 0.15) is 17.0 Å². The Kier molecular flexibility index (Phi) is 5.72. The largest absolute Gasteiger partial charge is 0.467 e. The van der Waals surface area contributed by atoms with E-state index in [-0.39, 0.29) is 18.3 Å². The van der Waals surface area contributed by atoms with E-state index in [0.717, 1.165) is 39.2 Å². The molecule has 0 aliphatic rings. The molecule has 1 amide bonds. The SMILES string of the molecule is CCc1cccc(C)c1NC(=O)COc1ncnc2scc(-c3ccc(F)cc3)c12. The summed E-state index contributed by atoms with van der Waals surface area (Å²) in [4.78, 5) is 21.8. The van der Waals surface area contributed by atoms with Gasteiger partial charge in [0, 0.05) is 16.6 Å². The van der Waals surface area contributed by atoms with E-state index >= 15 is 0 Å². The van der Waals surface area contributed by atoms with Gasteiger partial charge in [-0.15, -0.1) is 11.3 Å². The normalized spacial score (nSPS) is 10.9. The number of ether oxygens (including phenoxy) is 1. The average Bonchev–Trinajstić information content (AvgIpc) is 3.19. The lowest BCUT2D eigenvalue weighted by Gasteiger charge is -2.13. The number of aryl methyl sites for hydroxylation is 2. The highest BCUT2D eigenvalue weighted by molar-refractivity contribution is 7.17. The molecule has 0 aliphatic carbocycles. The van der Waals surface area contributed by atoms with Crippen LogP contribution in [0.25, 0.3) is 21.3 Å². The van der Waals surface area contributed by atoms with Crippen molar-refractivity contribution in [3.63, 3.8) is 0 Å². The number of anilines is 1. The van der Waals surface area contributed by atoms with Crippen molar-refractivity contribution < 1.29 is 13.9 Å². The predicted octanol–water partition coefficient (Wildman–Crippen LogP) is 5.39. The van der Waals surface area contributed by atoms with Gasteiger partial charge in [-0.3, -0.25) is 4.79 Å². The standard InChI is InChI=1S/C23H20FN3O2S/c1-3-15-6-4-5-14(2)21(15)27-19(28)11-29-22-20-18(12-30-23(20)26-13-25-22)16-7-9-17(24)10-8-16/h4-10,12-13H,3,11H2,1-2H3,(H,27,28). The molecule has 2 aromatic heterocycles. The molecule has 2 heterocycles. The summed E-state index contributed by atoms with van der Waals surface area (Å²) < 4.78 is 19.1. The third kappa shape index (κ3) is 4.02. The molecule has 7 heteroatoms. The second kappa shape index (κ2) is 8.59. The van der Waals surface area contributed by atoms with Gasteiger partial charge in [-0.05, 0) is 42.2 Å². The van der Waals surface area contributed by atoms with Gasteiger partial charge in [0.15, 0.2) is 6.61 Å². The van der Waals surface area contributed by atoms with Crippen LogP contribution in [-0.2, 0) is 11.2 Å². The highest BCUT2D eigenvalue weighted by Crippen LogP contribution is 2.37. The van der Waals surface area contributed by atoms with Crippen LogP contribution in [-0.4, -0.2) is 22.5 Å². The number of nitrogens with one attached hydrogen (secondary N) is 1. The average molecular weight is 421 g/mol. The van der Waals surface area contributed by atoms with Crippen molar-refractivity contribution in [2.45, 2.75) is 20.3 Å². The van der Waals surface area contributed by atoms with Gasteiger partial charge < -0.3 is 10.1 Å². The van der Waals surface area contributed by atoms with E-state index in [2.05, 4.69) is 15.3 Å². The fourth-order valence-electron chi connectivity index (χ4n) is 3.31. The van der Waals surface area contributed by atoms with Gasteiger partial charge in [0.25, 0.3) is 5.91 Å². The summed E-state index contributed by atoms with van der Waals surface area (Å²) in [5.74, 6) is -0.231. The van der Waals surface area contributed by atoms with Crippen LogP contribution in [0.2, 0.25) is 0 Å². The fraction of sp³-hybridized carbons (Fsp3) is 0.174. The summed E-state index contributed by atoms with van der Waals surface area (Å²) in [6.07, 6.45) is 2.23. The first-order chi connectivity index (χ1) is 14.6. The third-order valence-corrected chi connectivity index (χ3v) is 5.72. The molecule has 0 fully saturated rings. The number of benzene rings is 2. The zero-order valence-electron chi connectivity index (χ0n) is 16.6. The molecule has 5 nitrogen and oxygen atoms in total. The molecule has 0 bridgehead atoms. The Hall–Kier alpha value is -3.32. The lowest BCUT2D eigenvalue weighted by Crippen LogP contribution is -2.21. The first kappa shape index (κ1) is 20.0. The van der Waals surface area contributed by atoms with Crippen LogP contribution in [0.3, 0.4) is 0 Å². The number of fused-ring (bicyclic) bond motifs is 1. The molecule has 4 aromatic rings. The van der Waals surface area contributed by atoms with E-state index in [1.807, 2.05) is 37.4 Å². The second-order valence-electron chi connectivity index (χ2n) is 6.81. The Balaban J connectivity index is 1.57. The maximum Gasteiger partial charge on any atom is 0.262 e. The Labute approximate surface area is 177 Å². The summed E-state index contributed by atoms with van der Waals surface area (Å²) in [6.45, 7) is 3.83. The number of halogens is 1. The topological polar surface area (TPSA) is 64.1 Å². The van der Waals surface area contributed by atoms with Gasteiger partial charge in [-0.1, -0.05) is 37.3 Å². The molecule has 0 atom stereocenters. The van der Waals surface area contributed by atoms with Crippen LogP contribution in [0.5, 0.6) is 5.88 Å². The van der Waals surface area contributed by atoms with Gasteiger partial charge in [-0.25, -0.2) is 14.4 Å². The van der Waals surface area contributed by atoms with Crippen LogP contribution < -0.4 is 10.1 Å². The minimum absolute atomic E-state index is 0.178. The molecular weight excluding hydrogens is 401 g/mol. The van der Waals surface area contributed by atoms with Crippen molar-refractivity contribution in [3.8, 4) is 17.0 Å². The zero-order chi connectivity index (χ0) is 21.1. The number of amides is 1. The maximum atomic E-state index is 13.3. The molecule has 152 valence electrons. The summed E-state index contributed by atoms with van der Waals surface area (Å²) in [5.41, 5.74) is 4.58. The quantitative estimate of drug-likeness (QED) is 0.454. The molecular formula is C23H20FN3O2S. The lowest BCUT2D eigenvalue weighted by molar-refractivity contribution is -0.118. The number of aromatic nitrogens is 2. The number of hydrogen-bond acceptors (Lipinski definition) is 5. The number of carbonyl (C=O) groups is 1. The molecule has 1 N–H and O–H groups in total. The molecule has 0 radical (unpaired) electrons. The summed E-state index contributed by atoms with van der Waals surface area (Å²) >= 11 is 1.45. The highest BCUT2D eigenvalue weighted by atomic mass is 32.1. The van der Waals surface area contributed by atoms with Crippen LogP contribution >= 0.6 is 11.3 Å². The van der Waals surface area contributed by atoms with Crippen molar-refractivity contribution in [2.75, 3.05) is 11.9 Å². The smallest absolute Gasteiger partial charge is 0.262 e. The Morgan fingerprint density at radius 3 is 2.73 bits per heavy atom. The molecule has 4 rings (SSSR count). The molecule has 0 aliphatic heterocycles. The van der Waals surface area contributed by atoms with Crippen molar-refractivity contribution in [2.24, 2.45) is 0 Å². The van der Waals surface area contributed by atoms with E-state index in [9.17, 15) is 9.18 Å². The van der Waals surface area contributed by atoms with Crippen molar-refractivity contribution in [3.05, 3.63) is 71.1 Å². The van der Waals surface area contributed by atoms with Crippen LogP contribution in [0.4, 0.5) is 10.1 Å². The summed E-state index contributed by atoms with van der Waals surface area (Å²) in [5, 5.41) is 5.59. The lowest BCUT2D eigenvalue weighted by atomic mass is 10.1. The number of para-hydroxylation sites is 1. The zero-order valence-corrected chi connectivity index (χ0v) is 17.4. The molecule has 0 saturated carbocycles. The minimum atomic E-state index is -0.301. The Bertz CT molecular complexity index is 1210. The number of nitrogens with zero attached hydrogens (tertiary/aromatic N) is 2. The first-order valence-electron chi connectivity index (χ1n) is 9.56. The fourth-order valence-corrected chi connectivity index (χ4v) is 4.22. The number of rotatable bonds is 6. The highest BCUT2D eigenvalue weighted by Gasteiger charge is 2.16. The van der Waals surface area contributed by atoms with E-state index in [1.54, 1.807) is 12.1 Å². The maximum absolute atomic E-state index is 13.3. The first-order valence-corrected chi connectivity index (χ1v) is 10.4. The summed E-state index contributed by atoms with van der Waals surface area (Å²) in [6, 6.07) is 12.1. The van der Waals surface area contributed by atoms with Gasteiger partial charge in [0.05, 0.1) is 5.39 Å². The Morgan fingerprint density at radius 1 is 1.17 bits per heavy atom. The van der Waals surface area contributed by atoms with E-state index in [0.29, 0.717) is 11.3 Å². The van der Waals surface area contributed by atoms with Gasteiger partial charge in [0.2, 0.25) is 5.88 Å². The van der Waals surface area contributed by atoms with Gasteiger partial charge in [-0.2, -0.15) is 0 Å². The van der Waals surface area contributed by atoms with E-state index in [4.69, 9.17) is 4.74 Å². The van der Waals surface area contributed by atoms with Crippen molar-refractivity contribution in [1.82, 2.24) is 9.97 Å². The number of thiophene rings is 1. The summed E-state index contributed by atoms with van der Waals surface area (Å²) in [7, 11) is 0. The molecule has 0 spiro atoms. The van der Waals surface area contributed by atoms with Crippen LogP contribution in [0.15, 0.2) is 54.2 Å². The minimum Gasteiger partial charge on any atom is -0.467 e. The third-order valence-electron chi connectivity index (χ3n) is 4.84. The molecule has 30 heavy (non-hydrogen) atoms. The number of carbonyl (C=O) groups excluding carboxylic acids is 1. The number of hydrogen-bond donors (Lipinski definition) is 1. The monoisotopic (exact) mass is 421 g/mol. The molecule has 0 unspecified atom stereocenters. The van der Waals surface area contributed by atoms with Crippen molar-refractivity contribution >= 4 is 33.1 Å².